The van der Waals surface area contributed by atoms with Crippen LogP contribution in [0.1, 0.15) is 13.3 Å². The second kappa shape index (κ2) is 5.70. The molecule has 0 aromatic carbocycles. The summed E-state index contributed by atoms with van der Waals surface area (Å²) in [5.41, 5.74) is 0. The fourth-order valence-electron chi connectivity index (χ4n) is 1.06. The molecule has 78 valence electrons. The monoisotopic (exact) mass is 213 g/mol. The highest BCUT2D eigenvalue weighted by Gasteiger charge is 2.09. The quantitative estimate of drug-likeness (QED) is 0.599. The SMILES string of the molecule is CCCNc1ncnc(SC)c1OC. The normalized spacial score (nSPS) is 9.93. The Balaban J connectivity index is 2.90. The second-order valence-electron chi connectivity index (χ2n) is 2.69. The summed E-state index contributed by atoms with van der Waals surface area (Å²) in [5, 5.41) is 4.06. The van der Waals surface area contributed by atoms with Gasteiger partial charge in [-0.25, -0.2) is 9.97 Å². The van der Waals surface area contributed by atoms with Crippen molar-refractivity contribution in [3.8, 4) is 5.75 Å². The highest BCUT2D eigenvalue weighted by Crippen LogP contribution is 2.30. The first-order valence-corrected chi connectivity index (χ1v) is 5.72. The number of thioether (sulfide) groups is 1. The van der Waals surface area contributed by atoms with E-state index in [1.165, 1.54) is 0 Å². The van der Waals surface area contributed by atoms with Crippen molar-refractivity contribution in [3.63, 3.8) is 0 Å². The fourth-order valence-corrected chi connectivity index (χ4v) is 1.57. The zero-order valence-electron chi connectivity index (χ0n) is 8.70. The number of aromatic nitrogens is 2. The fraction of sp³-hybridized carbons (Fsp3) is 0.556. The van der Waals surface area contributed by atoms with Gasteiger partial charge in [0.1, 0.15) is 11.4 Å². The van der Waals surface area contributed by atoms with Crippen LogP contribution in [0.4, 0.5) is 5.82 Å². The van der Waals surface area contributed by atoms with E-state index in [0.29, 0.717) is 0 Å². The summed E-state index contributed by atoms with van der Waals surface area (Å²) in [6.45, 7) is 3.00. The number of ether oxygens (including phenoxy) is 1. The lowest BCUT2D eigenvalue weighted by atomic mass is 10.4. The Morgan fingerprint density at radius 3 is 2.86 bits per heavy atom. The van der Waals surface area contributed by atoms with Gasteiger partial charge in [0.05, 0.1) is 7.11 Å². The molecule has 1 aromatic rings. The number of anilines is 1. The molecular formula is C9H15N3OS. The van der Waals surface area contributed by atoms with Gasteiger partial charge >= 0.3 is 0 Å². The number of methoxy groups -OCH3 is 1. The largest absolute Gasteiger partial charge is 0.490 e. The first-order chi connectivity index (χ1) is 6.83. The maximum Gasteiger partial charge on any atom is 0.193 e. The van der Waals surface area contributed by atoms with Crippen molar-refractivity contribution in [2.75, 3.05) is 25.2 Å². The maximum absolute atomic E-state index is 5.26. The minimum Gasteiger partial charge on any atom is -0.490 e. The van der Waals surface area contributed by atoms with Crippen molar-refractivity contribution in [1.82, 2.24) is 9.97 Å². The lowest BCUT2D eigenvalue weighted by Crippen LogP contribution is -2.05. The Morgan fingerprint density at radius 1 is 1.50 bits per heavy atom. The average molecular weight is 213 g/mol. The van der Waals surface area contributed by atoms with Gasteiger partial charge in [-0.1, -0.05) is 6.92 Å². The third-order valence-corrected chi connectivity index (χ3v) is 2.39. The number of nitrogens with one attached hydrogen (secondary N) is 1. The Hall–Kier alpha value is -0.970. The van der Waals surface area contributed by atoms with Crippen LogP contribution >= 0.6 is 11.8 Å². The molecule has 0 spiro atoms. The van der Waals surface area contributed by atoms with Crippen molar-refractivity contribution < 1.29 is 4.74 Å². The molecule has 0 unspecified atom stereocenters. The van der Waals surface area contributed by atoms with Crippen LogP contribution in [0.5, 0.6) is 5.75 Å². The van der Waals surface area contributed by atoms with Gasteiger partial charge in [0.15, 0.2) is 11.6 Å². The smallest absolute Gasteiger partial charge is 0.193 e. The number of hydrogen-bond donors (Lipinski definition) is 1. The molecule has 0 aliphatic carbocycles. The van der Waals surface area contributed by atoms with E-state index in [1.807, 2.05) is 6.26 Å². The van der Waals surface area contributed by atoms with Crippen molar-refractivity contribution in [3.05, 3.63) is 6.33 Å². The molecule has 1 aromatic heterocycles. The zero-order chi connectivity index (χ0) is 10.4. The summed E-state index contributed by atoms with van der Waals surface area (Å²) in [7, 11) is 1.63. The van der Waals surface area contributed by atoms with Crippen LogP contribution in [0, 0.1) is 0 Å². The molecule has 1 rings (SSSR count). The number of rotatable bonds is 5. The molecule has 1 heterocycles. The van der Waals surface area contributed by atoms with Gasteiger partial charge in [0.2, 0.25) is 0 Å². The Morgan fingerprint density at radius 2 is 2.29 bits per heavy atom. The van der Waals surface area contributed by atoms with E-state index >= 15 is 0 Å². The van der Waals surface area contributed by atoms with Crippen molar-refractivity contribution >= 4 is 17.6 Å². The summed E-state index contributed by atoms with van der Waals surface area (Å²) >= 11 is 1.55. The van der Waals surface area contributed by atoms with E-state index in [-0.39, 0.29) is 0 Å². The lowest BCUT2D eigenvalue weighted by molar-refractivity contribution is 0.400. The minimum absolute atomic E-state index is 0.730. The molecule has 0 bridgehead atoms. The third kappa shape index (κ3) is 2.51. The van der Waals surface area contributed by atoms with Gasteiger partial charge in [-0.3, -0.25) is 0 Å². The van der Waals surface area contributed by atoms with Crippen LogP contribution < -0.4 is 10.1 Å². The summed E-state index contributed by atoms with van der Waals surface area (Å²) in [6, 6.07) is 0. The molecule has 0 fully saturated rings. The molecule has 0 radical (unpaired) electrons. The Bertz CT molecular complexity index is 293. The van der Waals surface area contributed by atoms with Crippen LogP contribution in [0.2, 0.25) is 0 Å². The van der Waals surface area contributed by atoms with E-state index in [2.05, 4.69) is 22.2 Å². The molecule has 0 aliphatic heterocycles. The van der Waals surface area contributed by atoms with Crippen LogP contribution in [0.15, 0.2) is 11.4 Å². The number of hydrogen-bond acceptors (Lipinski definition) is 5. The van der Waals surface area contributed by atoms with Gasteiger partial charge in [-0.05, 0) is 12.7 Å². The highest BCUT2D eigenvalue weighted by molar-refractivity contribution is 7.98. The molecule has 14 heavy (non-hydrogen) atoms. The maximum atomic E-state index is 5.26. The molecule has 0 atom stereocenters. The van der Waals surface area contributed by atoms with Crippen molar-refractivity contribution in [1.29, 1.82) is 0 Å². The van der Waals surface area contributed by atoms with E-state index < -0.39 is 0 Å². The highest BCUT2D eigenvalue weighted by atomic mass is 32.2. The molecule has 0 aliphatic rings. The number of nitrogens with zero attached hydrogens (tertiary/aromatic N) is 2. The summed E-state index contributed by atoms with van der Waals surface area (Å²) in [5.74, 6) is 1.50. The van der Waals surface area contributed by atoms with Crippen LogP contribution in [0.3, 0.4) is 0 Å². The van der Waals surface area contributed by atoms with Gasteiger partial charge < -0.3 is 10.1 Å². The molecule has 0 saturated carbocycles. The van der Waals surface area contributed by atoms with Crippen molar-refractivity contribution in [2.24, 2.45) is 0 Å². The van der Waals surface area contributed by atoms with Gasteiger partial charge in [-0.15, -0.1) is 11.8 Å². The van der Waals surface area contributed by atoms with E-state index in [9.17, 15) is 0 Å². The minimum atomic E-state index is 0.730. The first kappa shape index (κ1) is 11.1. The van der Waals surface area contributed by atoms with Crippen LogP contribution in [-0.4, -0.2) is 29.9 Å². The molecule has 1 N–H and O–H groups in total. The topological polar surface area (TPSA) is 47.0 Å². The lowest BCUT2D eigenvalue weighted by Gasteiger charge is -2.10. The molecule has 5 heteroatoms. The predicted molar refractivity (Wildman–Crippen MR) is 59.1 cm³/mol. The predicted octanol–water partition coefficient (Wildman–Crippen LogP) is 2.03. The zero-order valence-corrected chi connectivity index (χ0v) is 9.52. The van der Waals surface area contributed by atoms with E-state index in [0.717, 1.165) is 29.6 Å². The van der Waals surface area contributed by atoms with Gasteiger partial charge in [0.25, 0.3) is 0 Å². The summed E-state index contributed by atoms with van der Waals surface area (Å²) < 4.78 is 5.26. The van der Waals surface area contributed by atoms with Crippen LogP contribution in [0.25, 0.3) is 0 Å². The van der Waals surface area contributed by atoms with Crippen molar-refractivity contribution in [2.45, 2.75) is 18.4 Å². The third-order valence-electron chi connectivity index (χ3n) is 1.71. The average Bonchev–Trinajstić information content (AvgIpc) is 2.25. The van der Waals surface area contributed by atoms with Gasteiger partial charge in [0, 0.05) is 6.54 Å². The van der Waals surface area contributed by atoms with Crippen LogP contribution in [-0.2, 0) is 0 Å². The molecule has 0 amide bonds. The molecular weight excluding hydrogens is 198 g/mol. The first-order valence-electron chi connectivity index (χ1n) is 4.50. The standard InChI is InChI=1S/C9H15N3OS/c1-4-5-10-8-7(13-2)9(14-3)12-6-11-8/h6H,4-5H2,1-3H3,(H,10,11,12). The Labute approximate surface area is 88.5 Å². The summed E-state index contributed by atoms with van der Waals surface area (Å²) in [6.07, 6.45) is 4.57. The molecule has 4 nitrogen and oxygen atoms in total. The van der Waals surface area contributed by atoms with Gasteiger partial charge in [-0.2, -0.15) is 0 Å². The summed E-state index contributed by atoms with van der Waals surface area (Å²) in [4.78, 5) is 8.26. The van der Waals surface area contributed by atoms with E-state index in [4.69, 9.17) is 4.74 Å². The molecule has 0 saturated heterocycles. The Kier molecular flexibility index (Phi) is 4.52. The van der Waals surface area contributed by atoms with E-state index in [1.54, 1.807) is 25.2 Å². The second-order valence-corrected chi connectivity index (χ2v) is 3.49.